The monoisotopic (exact) mass is 272 g/mol. The minimum atomic E-state index is -2.73. The first kappa shape index (κ1) is 12.9. The third-order valence-electron chi connectivity index (χ3n) is 2.40. The predicted octanol–water partition coefficient (Wildman–Crippen LogP) is 1.23. The Morgan fingerprint density at radius 3 is 2.58 bits per heavy atom. The molecule has 0 aromatic carbocycles. The molecule has 0 aromatic rings. The Kier molecular flexibility index (Phi) is 3.48. The van der Waals surface area contributed by atoms with Gasteiger partial charge in [-0.15, -0.1) is 6.42 Å². The Hall–Kier alpha value is -1.09. The van der Waals surface area contributed by atoms with E-state index in [4.69, 9.17) is 23.4 Å². The average Bonchev–Trinajstić information content (AvgIpc) is 2.63. The van der Waals surface area contributed by atoms with E-state index >= 15 is 0 Å². The Morgan fingerprint density at radius 1 is 1.63 bits per heavy atom. The van der Waals surface area contributed by atoms with Crippen molar-refractivity contribution in [3.05, 3.63) is 0 Å². The fourth-order valence-electron chi connectivity index (χ4n) is 1.60. The van der Waals surface area contributed by atoms with Crippen LogP contribution in [0.15, 0.2) is 0 Å². The zero-order valence-electron chi connectivity index (χ0n) is 13.9. The van der Waals surface area contributed by atoms with Crippen molar-refractivity contribution >= 4 is 5.97 Å². The first-order chi connectivity index (χ1) is 9.26. The maximum absolute atomic E-state index is 12.0. The van der Waals surface area contributed by atoms with Crippen molar-refractivity contribution in [2.75, 3.05) is 6.61 Å². The molecule has 0 aliphatic carbocycles. The second-order valence-electron chi connectivity index (χ2n) is 5.87. The van der Waals surface area contributed by atoms with Gasteiger partial charge in [0.15, 0.2) is 11.4 Å². The van der Waals surface area contributed by atoms with E-state index in [1.807, 2.05) is 0 Å². The second kappa shape index (κ2) is 5.12. The van der Waals surface area contributed by atoms with Gasteiger partial charge in [-0.3, -0.25) is 4.79 Å². The maximum Gasteiger partial charge on any atom is 0.309 e. The zero-order chi connectivity index (χ0) is 16.7. The molecule has 0 saturated carbocycles. The van der Waals surface area contributed by atoms with Crippen LogP contribution in [-0.4, -0.2) is 40.8 Å². The number of ether oxygens (including phenoxy) is 3. The first-order valence-electron chi connectivity index (χ1n) is 6.99. The number of terminal acetylenes is 1. The van der Waals surface area contributed by atoms with Crippen LogP contribution in [0.4, 0.5) is 0 Å². The van der Waals surface area contributed by atoms with Gasteiger partial charge >= 0.3 is 5.97 Å². The molecule has 5 nitrogen and oxygen atoms in total. The molecule has 108 valence electrons. The van der Waals surface area contributed by atoms with Crippen LogP contribution >= 0.6 is 0 Å². The molecule has 0 spiro atoms. The second-order valence-corrected chi connectivity index (χ2v) is 5.87. The van der Waals surface area contributed by atoms with Crippen molar-refractivity contribution in [3.63, 3.8) is 0 Å². The molecular weight excluding hydrogens is 248 g/mol. The highest BCUT2D eigenvalue weighted by atomic mass is 16.8. The molecule has 1 rings (SSSR count). The highest BCUT2D eigenvalue weighted by Crippen LogP contribution is 2.34. The van der Waals surface area contributed by atoms with Crippen LogP contribution in [-0.2, 0) is 19.0 Å². The normalized spacial score (nSPS) is 29.9. The summed E-state index contributed by atoms with van der Waals surface area (Å²) in [5.41, 5.74) is -2.64. The Balaban J connectivity index is 3.02. The van der Waals surface area contributed by atoms with Crippen molar-refractivity contribution in [3.8, 4) is 12.3 Å². The summed E-state index contributed by atoms with van der Waals surface area (Å²) >= 11 is 0. The van der Waals surface area contributed by atoms with Gasteiger partial charge in [-0.1, -0.05) is 5.92 Å². The van der Waals surface area contributed by atoms with Gasteiger partial charge in [-0.05, 0) is 34.6 Å². The molecule has 1 aliphatic heterocycles. The molecule has 5 heteroatoms. The fraction of sp³-hybridized carbons (Fsp3) is 0.786. The molecule has 0 unspecified atom stereocenters. The minimum absolute atomic E-state index is 0.222. The van der Waals surface area contributed by atoms with E-state index in [1.165, 1.54) is 0 Å². The summed E-state index contributed by atoms with van der Waals surface area (Å²) in [7, 11) is 0. The highest BCUT2D eigenvalue weighted by molar-refractivity contribution is 5.70. The summed E-state index contributed by atoms with van der Waals surface area (Å²) in [4.78, 5) is 12.0. The summed E-state index contributed by atoms with van der Waals surface area (Å²) in [5, 5.41) is 10.3. The molecule has 19 heavy (non-hydrogen) atoms. The van der Waals surface area contributed by atoms with Crippen LogP contribution in [0.25, 0.3) is 0 Å². The lowest BCUT2D eigenvalue weighted by Crippen LogP contribution is -2.46. The summed E-state index contributed by atoms with van der Waals surface area (Å²) in [5.74, 6) is -0.0637. The molecule has 1 heterocycles. The van der Waals surface area contributed by atoms with Gasteiger partial charge in [0.05, 0.1) is 13.0 Å². The molecule has 0 aromatic heterocycles. The average molecular weight is 272 g/mol. The molecule has 0 amide bonds. The lowest BCUT2D eigenvalue weighted by Gasteiger charge is -2.29. The maximum atomic E-state index is 12.0. The number of aliphatic hydroxyl groups is 1. The quantitative estimate of drug-likeness (QED) is 0.618. The lowest BCUT2D eigenvalue weighted by atomic mass is 9.96. The van der Waals surface area contributed by atoms with Crippen molar-refractivity contribution in [2.45, 2.75) is 64.1 Å². The fourth-order valence-corrected chi connectivity index (χ4v) is 1.60. The topological polar surface area (TPSA) is 65.0 Å². The molecule has 1 aliphatic rings. The van der Waals surface area contributed by atoms with Gasteiger partial charge in [0.2, 0.25) is 0 Å². The molecule has 1 N–H and O–H groups in total. The molecular formula is C14H22O5. The van der Waals surface area contributed by atoms with Crippen LogP contribution in [0.2, 0.25) is 0 Å². The molecule has 0 radical (unpaired) electrons. The molecule has 0 bridgehead atoms. The van der Waals surface area contributed by atoms with Crippen LogP contribution in [0.3, 0.4) is 0 Å². The first-order valence-corrected chi connectivity index (χ1v) is 5.99. The lowest BCUT2D eigenvalue weighted by molar-refractivity contribution is -0.177. The molecule has 1 saturated heterocycles. The summed E-state index contributed by atoms with van der Waals surface area (Å²) < 4.78 is 31.4. The molecule has 1 fully saturated rings. The Bertz CT molecular complexity index is 461. The minimum Gasteiger partial charge on any atom is -0.460 e. The van der Waals surface area contributed by atoms with E-state index in [0.717, 1.165) is 0 Å². The highest BCUT2D eigenvalue weighted by Gasteiger charge is 2.50. The number of esters is 1. The number of hydrogen-bond donors (Lipinski definition) is 1. The third-order valence-corrected chi connectivity index (χ3v) is 2.40. The van der Waals surface area contributed by atoms with Gasteiger partial charge in [-0.25, -0.2) is 0 Å². The summed E-state index contributed by atoms with van der Waals surface area (Å²) in [6, 6.07) is 0. The standard InChI is InChI=1S/C14H22O5/c1-7-14(9-17-13(5,6)19-14)10(15)8-11(16)18-12(2,3)4/h1,10,15H,8-9H2,2-6H3/t10-,14+/m0/s1/i8D2. The SMILES string of the molecule is [2H]C([2H])(C(=O)OC(C)(C)C)[C@H](O)[C@@]1(C#C)COC(C)(C)O1. The van der Waals surface area contributed by atoms with Crippen LogP contribution in [0.5, 0.6) is 0 Å². The van der Waals surface area contributed by atoms with Crippen LogP contribution < -0.4 is 0 Å². The van der Waals surface area contributed by atoms with E-state index in [-0.39, 0.29) is 6.61 Å². The van der Waals surface area contributed by atoms with Gasteiger partial charge in [0, 0.05) is 2.74 Å². The third kappa shape index (κ3) is 4.20. The van der Waals surface area contributed by atoms with Crippen molar-refractivity contribution in [1.29, 1.82) is 0 Å². The number of hydrogen-bond acceptors (Lipinski definition) is 5. The van der Waals surface area contributed by atoms with Gasteiger partial charge in [0.25, 0.3) is 0 Å². The van der Waals surface area contributed by atoms with Crippen molar-refractivity contribution in [2.24, 2.45) is 0 Å². The van der Waals surface area contributed by atoms with E-state index in [1.54, 1.807) is 34.6 Å². The van der Waals surface area contributed by atoms with E-state index < -0.39 is 35.4 Å². The van der Waals surface area contributed by atoms with Crippen molar-refractivity contribution < 1.29 is 26.9 Å². The summed E-state index contributed by atoms with van der Waals surface area (Å²) in [6.07, 6.45) is 0.724. The van der Waals surface area contributed by atoms with Crippen molar-refractivity contribution in [1.82, 2.24) is 0 Å². The van der Waals surface area contributed by atoms with E-state index in [0.29, 0.717) is 0 Å². The van der Waals surface area contributed by atoms with Gasteiger partial charge in [-0.2, -0.15) is 0 Å². The predicted molar refractivity (Wildman–Crippen MR) is 69.1 cm³/mol. The smallest absolute Gasteiger partial charge is 0.309 e. The zero-order valence-corrected chi connectivity index (χ0v) is 11.9. The largest absolute Gasteiger partial charge is 0.460 e. The number of carbonyl (C=O) groups is 1. The number of carbonyl (C=O) groups excluding carboxylic acids is 1. The van der Waals surface area contributed by atoms with Gasteiger partial charge < -0.3 is 19.3 Å². The Morgan fingerprint density at radius 2 is 2.21 bits per heavy atom. The molecule has 2 atom stereocenters. The number of rotatable bonds is 3. The summed E-state index contributed by atoms with van der Waals surface area (Å²) in [6.45, 7) is 7.75. The number of aliphatic hydroxyl groups excluding tert-OH is 1. The Labute approximate surface area is 117 Å². The van der Waals surface area contributed by atoms with Gasteiger partial charge in [0.1, 0.15) is 11.7 Å². The van der Waals surface area contributed by atoms with E-state index in [2.05, 4.69) is 5.92 Å². The van der Waals surface area contributed by atoms with Crippen LogP contribution in [0, 0.1) is 12.3 Å². The van der Waals surface area contributed by atoms with Crippen LogP contribution in [0.1, 0.15) is 43.7 Å². The van der Waals surface area contributed by atoms with E-state index in [9.17, 15) is 9.90 Å².